The number of nitrogens with zero attached hydrogens (tertiary/aromatic N) is 1. The van der Waals surface area contributed by atoms with Gasteiger partial charge in [0.05, 0.1) is 13.2 Å². The molecule has 2 rings (SSSR count). The number of aliphatic imine (C=N–C) groups is 1. The van der Waals surface area contributed by atoms with Gasteiger partial charge in [-0.15, -0.1) is 24.0 Å². The molecule has 0 spiro atoms. The van der Waals surface area contributed by atoms with E-state index in [1.165, 1.54) is 5.56 Å². The van der Waals surface area contributed by atoms with E-state index in [1.54, 1.807) is 7.05 Å². The van der Waals surface area contributed by atoms with Gasteiger partial charge in [-0.1, -0.05) is 37.3 Å². The Hall–Kier alpha value is -0.900. The molecule has 1 aliphatic rings. The zero-order chi connectivity index (χ0) is 19.9. The van der Waals surface area contributed by atoms with Crippen LogP contribution in [0.3, 0.4) is 0 Å². The van der Waals surface area contributed by atoms with Crippen molar-refractivity contribution in [2.45, 2.75) is 32.8 Å². The highest BCUT2D eigenvalue weighted by atomic mass is 127. The van der Waals surface area contributed by atoms with E-state index in [1.807, 2.05) is 18.2 Å². The molecule has 0 bridgehead atoms. The Bertz CT molecular complexity index is 539. The maximum atomic E-state index is 5.80. The first kappa shape index (κ1) is 26.1. The van der Waals surface area contributed by atoms with Crippen LogP contribution in [0, 0.1) is 11.8 Å². The predicted octanol–water partition coefficient (Wildman–Crippen LogP) is 3.46. The van der Waals surface area contributed by atoms with Gasteiger partial charge in [0.2, 0.25) is 0 Å². The third-order valence-corrected chi connectivity index (χ3v) is 4.81. The number of hydrogen-bond donors (Lipinski definition) is 2. The van der Waals surface area contributed by atoms with Gasteiger partial charge in [0.25, 0.3) is 0 Å². The Labute approximate surface area is 193 Å². The SMILES string of the molecule is CN=C(NCCCOCC1CCOCC1)NCC(C)COCc1ccccc1.I. The molecule has 29 heavy (non-hydrogen) atoms. The van der Waals surface area contributed by atoms with Crippen LogP contribution in [-0.2, 0) is 20.8 Å². The van der Waals surface area contributed by atoms with Crippen molar-refractivity contribution < 1.29 is 14.2 Å². The van der Waals surface area contributed by atoms with E-state index in [4.69, 9.17) is 14.2 Å². The fourth-order valence-electron chi connectivity index (χ4n) is 3.05. The Kier molecular flexibility index (Phi) is 15.2. The number of rotatable bonds is 12. The lowest BCUT2D eigenvalue weighted by Crippen LogP contribution is -2.40. The molecule has 7 heteroatoms. The van der Waals surface area contributed by atoms with Gasteiger partial charge < -0.3 is 24.8 Å². The monoisotopic (exact) mass is 519 g/mol. The number of halogens is 1. The third kappa shape index (κ3) is 12.4. The van der Waals surface area contributed by atoms with Crippen LogP contribution in [-0.4, -0.2) is 59.1 Å². The van der Waals surface area contributed by atoms with Crippen molar-refractivity contribution in [3.05, 3.63) is 35.9 Å². The minimum atomic E-state index is 0. The minimum absolute atomic E-state index is 0. The quantitative estimate of drug-likeness (QED) is 0.192. The van der Waals surface area contributed by atoms with Crippen LogP contribution >= 0.6 is 24.0 Å². The smallest absolute Gasteiger partial charge is 0.190 e. The van der Waals surface area contributed by atoms with Crippen LogP contribution in [0.1, 0.15) is 31.7 Å². The summed E-state index contributed by atoms with van der Waals surface area (Å²) in [6, 6.07) is 10.3. The van der Waals surface area contributed by atoms with Crippen molar-refractivity contribution in [3.63, 3.8) is 0 Å². The molecule has 1 heterocycles. The fourth-order valence-corrected chi connectivity index (χ4v) is 3.05. The van der Waals surface area contributed by atoms with E-state index in [0.29, 0.717) is 18.4 Å². The van der Waals surface area contributed by atoms with Crippen LogP contribution in [0.4, 0.5) is 0 Å². The highest BCUT2D eigenvalue weighted by Crippen LogP contribution is 2.14. The summed E-state index contributed by atoms with van der Waals surface area (Å²) in [5.41, 5.74) is 1.21. The van der Waals surface area contributed by atoms with Crippen molar-refractivity contribution >= 4 is 29.9 Å². The van der Waals surface area contributed by atoms with Gasteiger partial charge in [0.1, 0.15) is 0 Å². The molecule has 2 N–H and O–H groups in total. The molecule has 0 aliphatic carbocycles. The molecule has 1 aromatic carbocycles. The van der Waals surface area contributed by atoms with Crippen LogP contribution in [0.15, 0.2) is 35.3 Å². The molecule has 166 valence electrons. The molecule has 1 saturated heterocycles. The van der Waals surface area contributed by atoms with Crippen molar-refractivity contribution in [1.29, 1.82) is 0 Å². The van der Waals surface area contributed by atoms with Gasteiger partial charge in [-0.05, 0) is 36.7 Å². The second-order valence-electron chi connectivity index (χ2n) is 7.47. The molecule has 1 aromatic rings. The molecular weight excluding hydrogens is 481 g/mol. The average molecular weight is 519 g/mol. The Morgan fingerprint density at radius 2 is 1.93 bits per heavy atom. The molecule has 1 unspecified atom stereocenters. The molecule has 1 atom stereocenters. The average Bonchev–Trinajstić information content (AvgIpc) is 2.74. The van der Waals surface area contributed by atoms with Gasteiger partial charge >= 0.3 is 0 Å². The van der Waals surface area contributed by atoms with Crippen molar-refractivity contribution in [3.8, 4) is 0 Å². The molecule has 1 aliphatic heterocycles. The van der Waals surface area contributed by atoms with Crippen LogP contribution < -0.4 is 10.6 Å². The molecular formula is C22H38IN3O3. The van der Waals surface area contributed by atoms with E-state index in [9.17, 15) is 0 Å². The standard InChI is InChI=1S/C22H37N3O3.HI/c1-19(16-28-18-20-7-4-3-5-8-20)15-25-22(23-2)24-11-6-12-27-17-21-9-13-26-14-10-21;/h3-5,7-8,19,21H,6,9-18H2,1-2H3,(H2,23,24,25);1H. The highest BCUT2D eigenvalue weighted by Gasteiger charge is 2.13. The summed E-state index contributed by atoms with van der Waals surface area (Å²) in [6.45, 7) is 8.64. The topological polar surface area (TPSA) is 64.1 Å². The van der Waals surface area contributed by atoms with Gasteiger partial charge in [-0.25, -0.2) is 0 Å². The molecule has 1 fully saturated rings. The minimum Gasteiger partial charge on any atom is -0.381 e. The lowest BCUT2D eigenvalue weighted by Gasteiger charge is -2.21. The van der Waals surface area contributed by atoms with E-state index in [0.717, 1.165) is 71.3 Å². The van der Waals surface area contributed by atoms with E-state index in [-0.39, 0.29) is 24.0 Å². The van der Waals surface area contributed by atoms with Crippen molar-refractivity contribution in [1.82, 2.24) is 10.6 Å². The summed E-state index contributed by atoms with van der Waals surface area (Å²) in [4.78, 5) is 4.28. The Balaban J connectivity index is 0.00000420. The summed E-state index contributed by atoms with van der Waals surface area (Å²) in [7, 11) is 1.80. The normalized spacial score (nSPS) is 16.1. The summed E-state index contributed by atoms with van der Waals surface area (Å²) in [5, 5.41) is 6.71. The lowest BCUT2D eigenvalue weighted by atomic mass is 10.0. The number of guanidine groups is 1. The maximum Gasteiger partial charge on any atom is 0.190 e. The van der Waals surface area contributed by atoms with Gasteiger partial charge in [0.15, 0.2) is 5.96 Å². The summed E-state index contributed by atoms with van der Waals surface area (Å²) >= 11 is 0. The molecule has 0 amide bonds. The third-order valence-electron chi connectivity index (χ3n) is 4.81. The fraction of sp³-hybridized carbons (Fsp3) is 0.682. The second kappa shape index (κ2) is 16.8. The maximum absolute atomic E-state index is 5.80. The van der Waals surface area contributed by atoms with Gasteiger partial charge in [0, 0.05) is 46.6 Å². The summed E-state index contributed by atoms with van der Waals surface area (Å²) in [5.74, 6) is 1.91. The van der Waals surface area contributed by atoms with Gasteiger partial charge in [-0.2, -0.15) is 0 Å². The van der Waals surface area contributed by atoms with Crippen LogP contribution in [0.2, 0.25) is 0 Å². The van der Waals surface area contributed by atoms with Crippen molar-refractivity contribution in [2.75, 3.05) is 53.2 Å². The zero-order valence-corrected chi connectivity index (χ0v) is 20.2. The molecule has 0 saturated carbocycles. The Morgan fingerprint density at radius 1 is 1.17 bits per heavy atom. The summed E-state index contributed by atoms with van der Waals surface area (Å²) in [6.07, 6.45) is 3.23. The first-order valence-corrected chi connectivity index (χ1v) is 10.5. The summed E-state index contributed by atoms with van der Waals surface area (Å²) < 4.78 is 17.0. The lowest BCUT2D eigenvalue weighted by molar-refractivity contribution is 0.0203. The van der Waals surface area contributed by atoms with E-state index < -0.39 is 0 Å². The number of nitrogens with one attached hydrogen (secondary N) is 2. The highest BCUT2D eigenvalue weighted by molar-refractivity contribution is 14.0. The number of hydrogen-bond acceptors (Lipinski definition) is 4. The molecule has 6 nitrogen and oxygen atoms in total. The first-order valence-electron chi connectivity index (χ1n) is 10.5. The van der Waals surface area contributed by atoms with Crippen LogP contribution in [0.25, 0.3) is 0 Å². The zero-order valence-electron chi connectivity index (χ0n) is 17.9. The van der Waals surface area contributed by atoms with Gasteiger partial charge in [-0.3, -0.25) is 4.99 Å². The predicted molar refractivity (Wildman–Crippen MR) is 129 cm³/mol. The largest absolute Gasteiger partial charge is 0.381 e. The second-order valence-corrected chi connectivity index (χ2v) is 7.47. The number of ether oxygens (including phenoxy) is 3. The van der Waals surface area contributed by atoms with Crippen molar-refractivity contribution in [2.24, 2.45) is 16.8 Å². The van der Waals surface area contributed by atoms with Crippen LogP contribution in [0.5, 0.6) is 0 Å². The Morgan fingerprint density at radius 3 is 2.66 bits per heavy atom. The first-order chi connectivity index (χ1) is 13.8. The number of benzene rings is 1. The molecule has 0 aromatic heterocycles. The van der Waals surface area contributed by atoms with E-state index >= 15 is 0 Å². The molecule has 0 radical (unpaired) electrons. The van der Waals surface area contributed by atoms with E-state index in [2.05, 4.69) is 34.7 Å².